The van der Waals surface area contributed by atoms with E-state index in [-0.39, 0.29) is 11.9 Å². The molecule has 0 N–H and O–H groups in total. The van der Waals surface area contributed by atoms with Crippen molar-refractivity contribution in [3.63, 3.8) is 0 Å². The van der Waals surface area contributed by atoms with Crippen LogP contribution >= 0.6 is 11.3 Å². The van der Waals surface area contributed by atoms with Crippen molar-refractivity contribution in [1.29, 1.82) is 0 Å². The van der Waals surface area contributed by atoms with Gasteiger partial charge in [0, 0.05) is 17.5 Å². The normalized spacial score (nSPS) is 18.0. The second kappa shape index (κ2) is 6.26. The Morgan fingerprint density at radius 3 is 3.04 bits per heavy atom. The molecule has 124 valence electrons. The van der Waals surface area contributed by atoms with Gasteiger partial charge >= 0.3 is 0 Å². The molecule has 0 aromatic carbocycles. The molecule has 1 fully saturated rings. The minimum atomic E-state index is -0.223. The van der Waals surface area contributed by atoms with Crippen molar-refractivity contribution in [3.8, 4) is 10.6 Å². The van der Waals surface area contributed by atoms with Crippen molar-refractivity contribution < 1.29 is 18.4 Å². The molecule has 3 aromatic heterocycles. The van der Waals surface area contributed by atoms with Crippen LogP contribution in [0.25, 0.3) is 10.6 Å². The Morgan fingerprint density at radius 2 is 2.29 bits per heavy atom. The number of aromatic nitrogens is 1. The first-order valence-corrected chi connectivity index (χ1v) is 8.53. The molecule has 1 saturated heterocycles. The first-order valence-electron chi connectivity index (χ1n) is 7.65. The lowest BCUT2D eigenvalue weighted by atomic mass is 10.1. The van der Waals surface area contributed by atoms with Gasteiger partial charge in [0.15, 0.2) is 0 Å². The van der Waals surface area contributed by atoms with E-state index in [9.17, 15) is 4.79 Å². The Labute approximate surface area is 142 Å². The SMILES string of the molecule is Cc1ccc([C@H]2COCCN2C(=O)c2csc(-c3ccoc3)n2)o1. The molecule has 0 radical (unpaired) electrons. The van der Waals surface area contributed by atoms with Crippen LogP contribution in [0.5, 0.6) is 0 Å². The van der Waals surface area contributed by atoms with E-state index in [1.807, 2.05) is 25.1 Å². The van der Waals surface area contributed by atoms with E-state index in [0.29, 0.717) is 25.5 Å². The van der Waals surface area contributed by atoms with Crippen LogP contribution < -0.4 is 0 Å². The fourth-order valence-electron chi connectivity index (χ4n) is 2.75. The maximum absolute atomic E-state index is 12.9. The maximum atomic E-state index is 12.9. The Balaban J connectivity index is 1.60. The van der Waals surface area contributed by atoms with Gasteiger partial charge in [-0.25, -0.2) is 4.98 Å². The molecule has 4 rings (SSSR count). The molecule has 0 bridgehead atoms. The highest BCUT2D eigenvalue weighted by Gasteiger charge is 2.32. The summed E-state index contributed by atoms with van der Waals surface area (Å²) >= 11 is 1.43. The summed E-state index contributed by atoms with van der Waals surface area (Å²) in [4.78, 5) is 19.2. The zero-order valence-electron chi connectivity index (χ0n) is 13.1. The lowest BCUT2D eigenvalue weighted by molar-refractivity contribution is -0.00919. The third-order valence-corrected chi connectivity index (χ3v) is 4.86. The number of rotatable bonds is 3. The summed E-state index contributed by atoms with van der Waals surface area (Å²) in [6.07, 6.45) is 3.21. The van der Waals surface area contributed by atoms with Crippen molar-refractivity contribution in [2.75, 3.05) is 19.8 Å². The first kappa shape index (κ1) is 15.2. The minimum Gasteiger partial charge on any atom is -0.472 e. The number of morpholine rings is 1. The quantitative estimate of drug-likeness (QED) is 0.727. The van der Waals surface area contributed by atoms with Crippen molar-refractivity contribution in [2.24, 2.45) is 0 Å². The van der Waals surface area contributed by atoms with Crippen molar-refractivity contribution in [2.45, 2.75) is 13.0 Å². The van der Waals surface area contributed by atoms with Crippen LogP contribution in [0.2, 0.25) is 0 Å². The van der Waals surface area contributed by atoms with E-state index in [0.717, 1.165) is 22.1 Å². The number of ether oxygens (including phenoxy) is 1. The van der Waals surface area contributed by atoms with Crippen LogP contribution in [0.4, 0.5) is 0 Å². The van der Waals surface area contributed by atoms with Crippen LogP contribution in [0.1, 0.15) is 28.1 Å². The first-order chi connectivity index (χ1) is 11.7. The Kier molecular flexibility index (Phi) is 3.95. The van der Waals surface area contributed by atoms with Gasteiger partial charge in [0.2, 0.25) is 0 Å². The van der Waals surface area contributed by atoms with Crippen LogP contribution in [0.3, 0.4) is 0 Å². The third-order valence-electron chi connectivity index (χ3n) is 3.97. The van der Waals surface area contributed by atoms with Gasteiger partial charge in [-0.15, -0.1) is 11.3 Å². The summed E-state index contributed by atoms with van der Waals surface area (Å²) in [6, 6.07) is 5.40. The fourth-order valence-corrected chi connectivity index (χ4v) is 3.53. The second-order valence-corrected chi connectivity index (χ2v) is 6.45. The van der Waals surface area contributed by atoms with E-state index in [1.54, 1.807) is 22.8 Å². The molecule has 1 aliphatic heterocycles. The summed E-state index contributed by atoms with van der Waals surface area (Å²) < 4.78 is 16.3. The number of thiazole rings is 1. The number of amides is 1. The van der Waals surface area contributed by atoms with Crippen LogP contribution in [-0.2, 0) is 4.74 Å². The summed E-state index contributed by atoms with van der Waals surface area (Å²) in [5.41, 5.74) is 1.31. The molecule has 0 spiro atoms. The predicted octanol–water partition coefficient (Wildman–Crippen LogP) is 3.52. The minimum absolute atomic E-state index is 0.108. The van der Waals surface area contributed by atoms with Crippen molar-refractivity contribution >= 4 is 17.2 Å². The van der Waals surface area contributed by atoms with Gasteiger partial charge in [0.1, 0.15) is 34.5 Å². The topological polar surface area (TPSA) is 68.7 Å². The molecule has 1 amide bonds. The molecule has 4 heterocycles. The Bertz CT molecular complexity index is 837. The summed E-state index contributed by atoms with van der Waals surface area (Å²) in [5.74, 6) is 1.45. The fraction of sp³-hybridized carbons (Fsp3) is 0.294. The number of hydrogen-bond donors (Lipinski definition) is 0. The van der Waals surface area contributed by atoms with E-state index in [4.69, 9.17) is 13.6 Å². The largest absolute Gasteiger partial charge is 0.472 e. The third kappa shape index (κ3) is 2.76. The van der Waals surface area contributed by atoms with Crippen LogP contribution in [0, 0.1) is 6.92 Å². The summed E-state index contributed by atoms with van der Waals surface area (Å²) in [7, 11) is 0. The zero-order valence-corrected chi connectivity index (χ0v) is 13.9. The van der Waals surface area contributed by atoms with Crippen LogP contribution in [-0.4, -0.2) is 35.5 Å². The number of carbonyl (C=O) groups excluding carboxylic acids is 1. The highest BCUT2D eigenvalue weighted by Crippen LogP contribution is 2.29. The van der Waals surface area contributed by atoms with Gasteiger partial charge in [0.25, 0.3) is 5.91 Å². The monoisotopic (exact) mass is 344 g/mol. The lowest BCUT2D eigenvalue weighted by Crippen LogP contribution is -2.43. The van der Waals surface area contributed by atoms with Gasteiger partial charge in [0.05, 0.1) is 19.5 Å². The van der Waals surface area contributed by atoms with E-state index in [1.165, 1.54) is 11.3 Å². The molecule has 6 nitrogen and oxygen atoms in total. The molecule has 24 heavy (non-hydrogen) atoms. The second-order valence-electron chi connectivity index (χ2n) is 5.59. The van der Waals surface area contributed by atoms with Crippen LogP contribution in [0.15, 0.2) is 44.9 Å². The van der Waals surface area contributed by atoms with Gasteiger partial charge < -0.3 is 18.5 Å². The highest BCUT2D eigenvalue weighted by molar-refractivity contribution is 7.13. The maximum Gasteiger partial charge on any atom is 0.274 e. The van der Waals surface area contributed by atoms with Gasteiger partial charge in [-0.1, -0.05) is 0 Å². The smallest absolute Gasteiger partial charge is 0.274 e. The van der Waals surface area contributed by atoms with E-state index in [2.05, 4.69) is 4.98 Å². The molecule has 1 atom stereocenters. The summed E-state index contributed by atoms with van der Waals surface area (Å²) in [5, 5.41) is 2.55. The Morgan fingerprint density at radius 1 is 1.38 bits per heavy atom. The van der Waals surface area contributed by atoms with E-state index >= 15 is 0 Å². The molecule has 0 aliphatic carbocycles. The molecule has 7 heteroatoms. The summed E-state index contributed by atoms with van der Waals surface area (Å²) in [6.45, 7) is 3.34. The number of furan rings is 2. The molecule has 0 unspecified atom stereocenters. The lowest BCUT2D eigenvalue weighted by Gasteiger charge is -2.33. The van der Waals surface area contributed by atoms with E-state index < -0.39 is 0 Å². The molecule has 0 saturated carbocycles. The molecule has 3 aromatic rings. The van der Waals surface area contributed by atoms with Gasteiger partial charge in [-0.3, -0.25) is 4.79 Å². The number of hydrogen-bond acceptors (Lipinski definition) is 6. The zero-order chi connectivity index (χ0) is 16.5. The molecular formula is C17H16N2O4S. The number of nitrogens with zero attached hydrogens (tertiary/aromatic N) is 2. The molecule has 1 aliphatic rings. The average Bonchev–Trinajstić information content (AvgIpc) is 3.34. The van der Waals surface area contributed by atoms with Gasteiger partial charge in [-0.2, -0.15) is 0 Å². The predicted molar refractivity (Wildman–Crippen MR) is 87.9 cm³/mol. The molecular weight excluding hydrogens is 328 g/mol. The standard InChI is InChI=1S/C17H16N2O4S/c1-11-2-3-15(23-11)14-9-22-7-5-19(14)17(20)13-10-24-16(18-13)12-4-6-21-8-12/h2-4,6,8,10,14H,5,7,9H2,1H3/t14-/m1/s1. The highest BCUT2D eigenvalue weighted by atomic mass is 32.1. The van der Waals surface area contributed by atoms with Crippen molar-refractivity contribution in [1.82, 2.24) is 9.88 Å². The average molecular weight is 344 g/mol. The van der Waals surface area contributed by atoms with Crippen molar-refractivity contribution in [3.05, 3.63) is 53.3 Å². The number of carbonyl (C=O) groups is 1. The Hall–Kier alpha value is -2.38. The number of aryl methyl sites for hydroxylation is 1. The van der Waals surface area contributed by atoms with Gasteiger partial charge in [-0.05, 0) is 25.1 Å².